The molecule has 38 heavy (non-hydrogen) atoms. The Hall–Kier alpha value is -2.89. The number of primary amides is 1. The minimum atomic E-state index is -1.02. The number of nitrogens with one attached hydrogen (secondary N) is 1. The number of carboxylic acids is 3. The summed E-state index contributed by atoms with van der Waals surface area (Å²) in [6.07, 6.45) is 0. The number of carbonyl (C=O) groups is 5. The normalized spacial score (nSPS) is 17.3. The molecule has 0 atom stereocenters. The van der Waals surface area contributed by atoms with Crippen molar-refractivity contribution in [3.63, 3.8) is 0 Å². The van der Waals surface area contributed by atoms with Crippen molar-refractivity contribution in [2.75, 3.05) is 112 Å². The van der Waals surface area contributed by atoms with Crippen molar-refractivity contribution in [3.05, 3.63) is 0 Å². The molecule has 218 valence electrons. The van der Waals surface area contributed by atoms with Crippen LogP contribution in [0.4, 0.5) is 0 Å². The largest absolute Gasteiger partial charge is 0.480 e. The third kappa shape index (κ3) is 17.5. The van der Waals surface area contributed by atoms with Gasteiger partial charge in [0.05, 0.1) is 46.0 Å². The van der Waals surface area contributed by atoms with Gasteiger partial charge in [-0.1, -0.05) is 0 Å². The number of nitrogens with two attached hydrogens (primary N) is 1. The van der Waals surface area contributed by atoms with E-state index in [1.165, 1.54) is 0 Å². The summed E-state index contributed by atoms with van der Waals surface area (Å²) in [5.74, 6) is -3.90. The van der Waals surface area contributed by atoms with Crippen LogP contribution in [0.25, 0.3) is 0 Å². The van der Waals surface area contributed by atoms with Crippen LogP contribution in [0, 0.1) is 0 Å². The van der Waals surface area contributed by atoms with Crippen LogP contribution < -0.4 is 11.1 Å². The second-order valence-corrected chi connectivity index (χ2v) is 8.77. The molecule has 0 spiro atoms. The first-order valence-electron chi connectivity index (χ1n) is 12.3. The van der Waals surface area contributed by atoms with Gasteiger partial charge < -0.3 is 35.8 Å². The van der Waals surface area contributed by atoms with Crippen LogP contribution in [0.1, 0.15) is 0 Å². The van der Waals surface area contributed by atoms with E-state index in [2.05, 4.69) is 5.32 Å². The van der Waals surface area contributed by atoms with Gasteiger partial charge in [-0.2, -0.15) is 0 Å². The standard InChI is InChI=1S/C22H40N6O10/c23-18(29)17-38-12-11-37-10-1-24-19(30)13-25-2-4-26(14-20(31)32)6-8-28(16-22(35)36)9-7-27(5-3-25)15-21(33)34/h1-17H2,(H2,23,29)(H,24,30)(H,31,32)(H,33,34)(H,35,36). The number of amides is 2. The van der Waals surface area contributed by atoms with Crippen molar-refractivity contribution in [1.29, 1.82) is 0 Å². The summed E-state index contributed by atoms with van der Waals surface area (Å²) in [6, 6.07) is 0. The molecule has 1 rings (SSSR count). The summed E-state index contributed by atoms with van der Waals surface area (Å²) in [5.41, 5.74) is 4.96. The van der Waals surface area contributed by atoms with Gasteiger partial charge in [0.25, 0.3) is 0 Å². The van der Waals surface area contributed by atoms with Gasteiger partial charge in [0.2, 0.25) is 11.8 Å². The monoisotopic (exact) mass is 548 g/mol. The Bertz CT molecular complexity index is 739. The van der Waals surface area contributed by atoms with Crippen LogP contribution in [-0.4, -0.2) is 176 Å². The fourth-order valence-corrected chi connectivity index (χ4v) is 3.70. The number of aliphatic carboxylic acids is 3. The lowest BCUT2D eigenvalue weighted by Crippen LogP contribution is -2.50. The highest BCUT2D eigenvalue weighted by Crippen LogP contribution is 2.01. The second kappa shape index (κ2) is 19.2. The maximum Gasteiger partial charge on any atom is 0.317 e. The molecular weight excluding hydrogens is 508 g/mol. The lowest BCUT2D eigenvalue weighted by Gasteiger charge is -2.32. The highest BCUT2D eigenvalue weighted by atomic mass is 16.5. The van der Waals surface area contributed by atoms with Crippen molar-refractivity contribution >= 4 is 29.7 Å². The van der Waals surface area contributed by atoms with Gasteiger partial charge in [-0.3, -0.25) is 43.6 Å². The third-order valence-corrected chi connectivity index (χ3v) is 5.56. The second-order valence-electron chi connectivity index (χ2n) is 8.77. The molecular formula is C22H40N6O10. The minimum Gasteiger partial charge on any atom is -0.480 e. The zero-order chi connectivity index (χ0) is 28.3. The molecule has 16 heteroatoms. The molecule has 1 aliphatic rings. The number of rotatable bonds is 16. The maximum atomic E-state index is 12.5. The topological polar surface area (TPSA) is 216 Å². The molecule has 1 heterocycles. The molecule has 16 nitrogen and oxygen atoms in total. The maximum absolute atomic E-state index is 12.5. The Balaban J connectivity index is 2.68. The van der Waals surface area contributed by atoms with Crippen molar-refractivity contribution in [3.8, 4) is 0 Å². The van der Waals surface area contributed by atoms with Crippen LogP contribution in [0.3, 0.4) is 0 Å². The number of hydrogen-bond donors (Lipinski definition) is 5. The molecule has 0 saturated carbocycles. The molecule has 0 bridgehead atoms. The summed E-state index contributed by atoms with van der Waals surface area (Å²) in [6.45, 7) is 2.62. The predicted molar refractivity (Wildman–Crippen MR) is 133 cm³/mol. The quantitative estimate of drug-likeness (QED) is 0.117. The molecule has 1 saturated heterocycles. The highest BCUT2D eigenvalue weighted by molar-refractivity contribution is 5.78. The summed E-state index contributed by atoms with van der Waals surface area (Å²) >= 11 is 0. The van der Waals surface area contributed by atoms with Crippen LogP contribution in [0.5, 0.6) is 0 Å². The molecule has 1 aliphatic heterocycles. The van der Waals surface area contributed by atoms with E-state index in [9.17, 15) is 39.3 Å². The van der Waals surface area contributed by atoms with Crippen molar-refractivity contribution in [1.82, 2.24) is 24.9 Å². The predicted octanol–water partition coefficient (Wildman–Crippen LogP) is -3.90. The lowest BCUT2D eigenvalue weighted by atomic mass is 10.3. The van der Waals surface area contributed by atoms with E-state index in [0.717, 1.165) is 0 Å². The van der Waals surface area contributed by atoms with Crippen LogP contribution in [0.2, 0.25) is 0 Å². The van der Waals surface area contributed by atoms with Gasteiger partial charge in [0.15, 0.2) is 0 Å². The summed E-state index contributed by atoms with van der Waals surface area (Å²) in [5, 5.41) is 30.5. The van der Waals surface area contributed by atoms with E-state index in [1.54, 1.807) is 14.7 Å². The van der Waals surface area contributed by atoms with E-state index >= 15 is 0 Å². The molecule has 0 unspecified atom stereocenters. The number of hydrogen-bond acceptors (Lipinski definition) is 11. The Morgan fingerprint density at radius 2 is 0.974 bits per heavy atom. The Morgan fingerprint density at radius 1 is 0.605 bits per heavy atom. The number of nitrogens with zero attached hydrogens (tertiary/aromatic N) is 4. The highest BCUT2D eigenvalue weighted by Gasteiger charge is 2.21. The van der Waals surface area contributed by atoms with Crippen molar-refractivity contribution in [2.45, 2.75) is 0 Å². The van der Waals surface area contributed by atoms with Crippen LogP contribution in [0.15, 0.2) is 0 Å². The van der Waals surface area contributed by atoms with Gasteiger partial charge >= 0.3 is 17.9 Å². The number of carboxylic acid groups (broad SMARTS) is 3. The van der Waals surface area contributed by atoms with E-state index in [0.29, 0.717) is 52.4 Å². The first kappa shape index (κ1) is 33.1. The lowest BCUT2D eigenvalue weighted by molar-refractivity contribution is -0.140. The van der Waals surface area contributed by atoms with E-state index in [4.69, 9.17) is 15.2 Å². The molecule has 0 radical (unpaired) electrons. The smallest absolute Gasteiger partial charge is 0.317 e. The van der Waals surface area contributed by atoms with Gasteiger partial charge in [-0.05, 0) is 0 Å². The van der Waals surface area contributed by atoms with E-state index < -0.39 is 23.8 Å². The van der Waals surface area contributed by atoms with E-state index in [1.807, 2.05) is 4.90 Å². The van der Waals surface area contributed by atoms with Gasteiger partial charge in [-0.15, -0.1) is 0 Å². The zero-order valence-corrected chi connectivity index (χ0v) is 21.6. The third-order valence-electron chi connectivity index (χ3n) is 5.56. The molecule has 0 aromatic carbocycles. The van der Waals surface area contributed by atoms with Gasteiger partial charge in [0.1, 0.15) is 6.61 Å². The van der Waals surface area contributed by atoms with Crippen molar-refractivity contribution < 1.29 is 48.8 Å². The van der Waals surface area contributed by atoms with Gasteiger partial charge in [0, 0.05) is 58.9 Å². The first-order valence-corrected chi connectivity index (χ1v) is 12.3. The first-order chi connectivity index (χ1) is 18.0. The molecule has 0 aliphatic carbocycles. The summed E-state index contributed by atoms with van der Waals surface area (Å²) in [4.78, 5) is 63.9. The summed E-state index contributed by atoms with van der Waals surface area (Å²) in [7, 11) is 0. The minimum absolute atomic E-state index is 0.0225. The molecule has 1 fully saturated rings. The number of ether oxygens (including phenoxy) is 2. The Morgan fingerprint density at radius 3 is 1.34 bits per heavy atom. The molecule has 0 aromatic rings. The zero-order valence-electron chi connectivity index (χ0n) is 21.6. The Kier molecular flexibility index (Phi) is 16.8. The fourth-order valence-electron chi connectivity index (χ4n) is 3.70. The SMILES string of the molecule is NC(=O)COCCOCCNC(=O)CN1CCN(CC(=O)O)CCN(CC(=O)O)CCN(CC(=O)O)CC1. The molecule has 6 N–H and O–H groups in total. The van der Waals surface area contributed by atoms with Crippen molar-refractivity contribution in [2.24, 2.45) is 5.73 Å². The fraction of sp³-hybridized carbons (Fsp3) is 0.773. The summed E-state index contributed by atoms with van der Waals surface area (Å²) < 4.78 is 10.3. The van der Waals surface area contributed by atoms with E-state index in [-0.39, 0.29) is 65.1 Å². The Labute approximate surface area is 221 Å². The van der Waals surface area contributed by atoms with Crippen LogP contribution in [-0.2, 0) is 33.4 Å². The average molecular weight is 549 g/mol. The number of carbonyl (C=O) groups excluding carboxylic acids is 2. The van der Waals surface area contributed by atoms with Gasteiger partial charge in [-0.25, -0.2) is 0 Å². The van der Waals surface area contributed by atoms with Crippen LogP contribution >= 0.6 is 0 Å². The molecule has 0 aromatic heterocycles. The molecule has 2 amide bonds. The average Bonchev–Trinajstić information content (AvgIpc) is 2.81.